The quantitative estimate of drug-likeness (QED) is 0.573. The topological polar surface area (TPSA) is 72.8 Å². The number of methoxy groups -OCH3 is 1. The van der Waals surface area contributed by atoms with Crippen LogP contribution in [0.5, 0.6) is 0 Å². The molecule has 0 spiro atoms. The van der Waals surface area contributed by atoms with E-state index in [-0.39, 0.29) is 4.90 Å². The van der Waals surface area contributed by atoms with E-state index >= 15 is 0 Å². The Bertz CT molecular complexity index is 925. The molecule has 2 rings (SSSR count). The number of hydrogen-bond donors (Lipinski definition) is 0. The van der Waals surface area contributed by atoms with Crippen LogP contribution in [0.1, 0.15) is 12.5 Å². The summed E-state index contributed by atoms with van der Waals surface area (Å²) in [6.07, 6.45) is 1.29. The van der Waals surface area contributed by atoms with Crippen LogP contribution in [-0.2, 0) is 19.4 Å². The number of aliphatic imine (C=N–C) groups is 1. The van der Waals surface area contributed by atoms with Gasteiger partial charge in [0.15, 0.2) is 5.83 Å². The predicted octanol–water partition coefficient (Wildman–Crippen LogP) is 3.32. The maximum atomic E-state index is 14.8. The molecule has 2 aromatic rings. The van der Waals surface area contributed by atoms with E-state index in [2.05, 4.69) is 9.73 Å². The molecule has 0 bridgehead atoms. The third kappa shape index (κ3) is 4.43. The number of rotatable bonds is 6. The molecule has 0 aromatic heterocycles. The highest BCUT2D eigenvalue weighted by atomic mass is 32.2. The lowest BCUT2D eigenvalue weighted by atomic mass is 10.0. The van der Waals surface area contributed by atoms with Gasteiger partial charge in [-0.2, -0.15) is 0 Å². The third-order valence-corrected chi connectivity index (χ3v) is 5.10. The van der Waals surface area contributed by atoms with Crippen molar-refractivity contribution in [2.24, 2.45) is 4.99 Å². The van der Waals surface area contributed by atoms with E-state index in [1.807, 2.05) is 0 Å². The van der Waals surface area contributed by atoms with Crippen LogP contribution in [0.25, 0.3) is 0 Å². The van der Waals surface area contributed by atoms with Gasteiger partial charge in [-0.1, -0.05) is 48.5 Å². The monoisotopic (exact) mass is 375 g/mol. The van der Waals surface area contributed by atoms with Gasteiger partial charge in [-0.05, 0) is 24.6 Å². The fourth-order valence-electron chi connectivity index (χ4n) is 2.08. The Labute approximate surface area is 151 Å². The van der Waals surface area contributed by atoms with Crippen molar-refractivity contribution in [1.29, 1.82) is 0 Å². The summed E-state index contributed by atoms with van der Waals surface area (Å²) in [7, 11) is -3.01. The van der Waals surface area contributed by atoms with Gasteiger partial charge >= 0.3 is 5.97 Å². The minimum Gasteiger partial charge on any atom is -0.467 e. The molecule has 0 aliphatic carbocycles. The molecule has 0 aliphatic rings. The molecular formula is C19H18FNO4S. The molecule has 0 fully saturated rings. The lowest BCUT2D eigenvalue weighted by Gasteiger charge is -2.20. The van der Waals surface area contributed by atoms with E-state index in [4.69, 9.17) is 0 Å². The summed E-state index contributed by atoms with van der Waals surface area (Å²) in [6, 6.07) is 16.1. The maximum absolute atomic E-state index is 14.8. The van der Waals surface area contributed by atoms with E-state index in [0.29, 0.717) is 11.0 Å². The van der Waals surface area contributed by atoms with E-state index in [0.717, 1.165) is 14.0 Å². The number of ether oxygens (including phenoxy) is 1. The number of carbonyl (C=O) groups is 1. The molecule has 2 aromatic carbocycles. The standard InChI is InChI=1S/C19H18FNO4S/c1-19(18(22)25-2,21-13-15-9-5-3-6-10-15)17(20)14-26(23,24)16-11-7-4-8-12-16/h3-14H,1-2H3/b17-14-,21-13?/t19-/m1/s1. The van der Waals surface area contributed by atoms with E-state index < -0.39 is 27.2 Å². The van der Waals surface area contributed by atoms with Gasteiger partial charge < -0.3 is 4.74 Å². The van der Waals surface area contributed by atoms with Crippen LogP contribution in [-0.4, -0.2) is 33.3 Å². The molecule has 26 heavy (non-hydrogen) atoms. The second kappa shape index (κ2) is 8.05. The molecule has 0 N–H and O–H groups in total. The molecule has 1 atom stereocenters. The summed E-state index contributed by atoms with van der Waals surface area (Å²) in [5.41, 5.74) is -1.49. The first kappa shape index (κ1) is 19.5. The fourth-order valence-corrected chi connectivity index (χ4v) is 3.26. The van der Waals surface area contributed by atoms with Gasteiger partial charge in [0.25, 0.3) is 0 Å². The second-order valence-corrected chi connectivity index (χ2v) is 7.35. The van der Waals surface area contributed by atoms with Crippen molar-refractivity contribution < 1.29 is 22.3 Å². The predicted molar refractivity (Wildman–Crippen MR) is 97.3 cm³/mol. The maximum Gasteiger partial charge on any atom is 0.340 e. The average Bonchev–Trinajstić information content (AvgIpc) is 2.66. The molecule has 136 valence electrons. The van der Waals surface area contributed by atoms with Crippen LogP contribution in [0, 0.1) is 0 Å². The van der Waals surface area contributed by atoms with Crippen molar-refractivity contribution in [2.75, 3.05) is 7.11 Å². The Balaban J connectivity index is 2.46. The summed E-state index contributed by atoms with van der Waals surface area (Å²) >= 11 is 0. The molecule has 0 unspecified atom stereocenters. The average molecular weight is 375 g/mol. The molecule has 0 saturated carbocycles. The summed E-state index contributed by atoms with van der Waals surface area (Å²) in [4.78, 5) is 16.0. The SMILES string of the molecule is COC(=O)[C@](C)(N=Cc1ccccc1)/C(F)=C/S(=O)(=O)c1ccccc1. The number of hydrogen-bond acceptors (Lipinski definition) is 5. The van der Waals surface area contributed by atoms with Gasteiger partial charge in [-0.25, -0.2) is 17.6 Å². The van der Waals surface area contributed by atoms with Gasteiger partial charge in [0, 0.05) is 6.21 Å². The number of carbonyl (C=O) groups excluding carboxylic acids is 1. The number of nitrogens with zero attached hydrogens (tertiary/aromatic N) is 1. The zero-order chi connectivity index (χ0) is 19.2. The van der Waals surface area contributed by atoms with Gasteiger partial charge in [0.05, 0.1) is 17.4 Å². The summed E-state index contributed by atoms with van der Waals surface area (Å²) in [5.74, 6) is -2.25. The minimum atomic E-state index is -4.09. The zero-order valence-corrected chi connectivity index (χ0v) is 15.1. The molecule has 0 radical (unpaired) electrons. The Hall–Kier alpha value is -2.80. The van der Waals surface area contributed by atoms with Crippen molar-refractivity contribution in [3.63, 3.8) is 0 Å². The van der Waals surface area contributed by atoms with Crippen LogP contribution in [0.4, 0.5) is 4.39 Å². The number of esters is 1. The summed E-state index contributed by atoms with van der Waals surface area (Å²) in [5, 5.41) is 0.404. The van der Waals surface area contributed by atoms with Crippen LogP contribution in [0.15, 0.2) is 81.8 Å². The van der Waals surface area contributed by atoms with Crippen LogP contribution in [0.3, 0.4) is 0 Å². The van der Waals surface area contributed by atoms with Crippen molar-refractivity contribution in [1.82, 2.24) is 0 Å². The van der Waals surface area contributed by atoms with E-state index in [1.165, 1.54) is 30.5 Å². The highest BCUT2D eigenvalue weighted by Gasteiger charge is 2.40. The lowest BCUT2D eigenvalue weighted by Crippen LogP contribution is -2.36. The van der Waals surface area contributed by atoms with Gasteiger partial charge in [-0.3, -0.25) is 4.99 Å². The number of benzene rings is 2. The van der Waals surface area contributed by atoms with Crippen LogP contribution < -0.4 is 0 Å². The smallest absolute Gasteiger partial charge is 0.340 e. The van der Waals surface area contributed by atoms with Crippen molar-refractivity contribution in [3.8, 4) is 0 Å². The van der Waals surface area contributed by atoms with E-state index in [9.17, 15) is 17.6 Å². The molecule has 7 heteroatoms. The molecule has 5 nitrogen and oxygen atoms in total. The Morgan fingerprint density at radius 2 is 1.62 bits per heavy atom. The first-order valence-electron chi connectivity index (χ1n) is 7.66. The first-order chi connectivity index (χ1) is 12.3. The largest absolute Gasteiger partial charge is 0.467 e. The van der Waals surface area contributed by atoms with Crippen molar-refractivity contribution in [2.45, 2.75) is 17.4 Å². The lowest BCUT2D eigenvalue weighted by molar-refractivity contribution is -0.145. The summed E-state index contributed by atoms with van der Waals surface area (Å²) < 4.78 is 44.2. The Morgan fingerprint density at radius 1 is 1.08 bits per heavy atom. The first-order valence-corrected chi connectivity index (χ1v) is 9.21. The van der Waals surface area contributed by atoms with Gasteiger partial charge in [0.2, 0.25) is 15.4 Å². The molecule has 0 amide bonds. The van der Waals surface area contributed by atoms with Crippen molar-refractivity contribution >= 4 is 22.0 Å². The van der Waals surface area contributed by atoms with E-state index in [1.54, 1.807) is 36.4 Å². The number of sulfone groups is 1. The molecule has 0 heterocycles. The van der Waals surface area contributed by atoms with Crippen LogP contribution >= 0.6 is 0 Å². The Morgan fingerprint density at radius 3 is 2.15 bits per heavy atom. The fraction of sp³-hybridized carbons (Fsp3) is 0.158. The molecule has 0 aliphatic heterocycles. The van der Waals surface area contributed by atoms with Gasteiger partial charge in [-0.15, -0.1) is 0 Å². The third-order valence-electron chi connectivity index (χ3n) is 3.65. The summed E-state index contributed by atoms with van der Waals surface area (Å²) in [6.45, 7) is 1.16. The highest BCUT2D eigenvalue weighted by molar-refractivity contribution is 7.94. The van der Waals surface area contributed by atoms with Gasteiger partial charge in [0.1, 0.15) is 0 Å². The zero-order valence-electron chi connectivity index (χ0n) is 14.3. The molecule has 0 saturated heterocycles. The second-order valence-electron chi connectivity index (χ2n) is 5.56. The normalized spacial score (nSPS) is 14.8. The minimum absolute atomic E-state index is 0.0885. The molecular weight excluding hydrogens is 357 g/mol. The van der Waals surface area contributed by atoms with Crippen LogP contribution in [0.2, 0.25) is 0 Å². The Kier molecular flexibility index (Phi) is 6.05. The highest BCUT2D eigenvalue weighted by Crippen LogP contribution is 2.27. The number of halogens is 1. The van der Waals surface area contributed by atoms with Crippen molar-refractivity contribution in [3.05, 3.63) is 77.5 Å².